The van der Waals surface area contributed by atoms with Crippen molar-refractivity contribution in [1.29, 1.82) is 0 Å². The summed E-state index contributed by atoms with van der Waals surface area (Å²) in [6.07, 6.45) is 0. The molecule has 0 atom stereocenters. The summed E-state index contributed by atoms with van der Waals surface area (Å²) < 4.78 is 32.0. The zero-order valence-corrected chi connectivity index (χ0v) is 12.0. The molecule has 0 saturated heterocycles. The van der Waals surface area contributed by atoms with Gasteiger partial charge in [0, 0.05) is 5.56 Å². The van der Waals surface area contributed by atoms with Crippen molar-refractivity contribution in [1.82, 2.24) is 0 Å². The van der Waals surface area contributed by atoms with Crippen molar-refractivity contribution in [2.24, 2.45) is 0 Å². The van der Waals surface area contributed by atoms with Gasteiger partial charge in [-0.15, -0.1) is 12.4 Å². The predicted octanol–water partition coefficient (Wildman–Crippen LogP) is 4.30. The van der Waals surface area contributed by atoms with E-state index in [4.69, 9.17) is 16.3 Å². The van der Waals surface area contributed by atoms with Crippen LogP contribution < -0.4 is 0 Å². The minimum absolute atomic E-state index is 0. The first-order valence-corrected chi connectivity index (χ1v) is 5.38. The summed E-state index contributed by atoms with van der Waals surface area (Å²) in [5.74, 6) is -2.61. The molecular weight excluding hydrogens is 285 g/mol. The summed E-state index contributed by atoms with van der Waals surface area (Å²) in [5.41, 5.74) is -1.32. The third-order valence-corrected chi connectivity index (χ3v) is 2.46. The molecule has 1 rings (SSSR count). The van der Waals surface area contributed by atoms with Gasteiger partial charge in [-0.3, -0.25) is 0 Å². The van der Waals surface area contributed by atoms with Crippen molar-refractivity contribution in [3.05, 3.63) is 33.9 Å². The quantitative estimate of drug-likeness (QED) is 0.571. The van der Waals surface area contributed by atoms with Crippen molar-refractivity contribution in [2.45, 2.75) is 33.3 Å². The fourth-order valence-corrected chi connectivity index (χ4v) is 1.35. The fraction of sp³-hybridized carbons (Fsp3) is 0.417. The molecule has 0 aliphatic heterocycles. The molecule has 0 spiro atoms. The van der Waals surface area contributed by atoms with Crippen LogP contribution in [0.25, 0.3) is 0 Å². The molecular formula is C12H14Cl2F2O2. The minimum atomic E-state index is -0.909. The van der Waals surface area contributed by atoms with Gasteiger partial charge in [-0.2, -0.15) is 0 Å². The van der Waals surface area contributed by atoms with Gasteiger partial charge in [0.1, 0.15) is 17.2 Å². The molecule has 0 saturated carbocycles. The average molecular weight is 299 g/mol. The molecule has 18 heavy (non-hydrogen) atoms. The van der Waals surface area contributed by atoms with Gasteiger partial charge in [0.2, 0.25) is 0 Å². The van der Waals surface area contributed by atoms with Crippen molar-refractivity contribution >= 4 is 30.0 Å². The number of ether oxygens (including phenoxy) is 1. The Kier molecular flexibility index (Phi) is 5.56. The molecule has 6 heteroatoms. The van der Waals surface area contributed by atoms with E-state index < -0.39 is 28.8 Å². The number of hydrogen-bond donors (Lipinski definition) is 0. The van der Waals surface area contributed by atoms with E-state index in [1.165, 1.54) is 6.92 Å². The van der Waals surface area contributed by atoms with E-state index in [1.807, 2.05) is 0 Å². The number of benzene rings is 1. The van der Waals surface area contributed by atoms with Crippen LogP contribution in [0.3, 0.4) is 0 Å². The lowest BCUT2D eigenvalue weighted by atomic mass is 10.1. The highest BCUT2D eigenvalue weighted by atomic mass is 35.5. The molecule has 0 aliphatic carbocycles. The summed E-state index contributed by atoms with van der Waals surface area (Å²) in [7, 11) is 0. The Morgan fingerprint density at radius 3 is 2.28 bits per heavy atom. The standard InChI is InChI=1S/C12H13ClF2O2.ClH/c1-6-9(13)8(14)5-7(10(6)15)11(16)17-12(2,3)4;/h5H,1-4H3;1H. The second-order valence-electron chi connectivity index (χ2n) is 4.66. The van der Waals surface area contributed by atoms with Crippen LogP contribution in [0.1, 0.15) is 36.7 Å². The van der Waals surface area contributed by atoms with E-state index in [0.29, 0.717) is 0 Å². The molecule has 0 aromatic heterocycles. The summed E-state index contributed by atoms with van der Waals surface area (Å²) in [4.78, 5) is 11.6. The first kappa shape index (κ1) is 17.1. The maximum absolute atomic E-state index is 13.7. The highest BCUT2D eigenvalue weighted by Gasteiger charge is 2.24. The Morgan fingerprint density at radius 1 is 1.33 bits per heavy atom. The molecule has 0 aliphatic rings. The molecule has 2 nitrogen and oxygen atoms in total. The van der Waals surface area contributed by atoms with Gasteiger partial charge in [0.25, 0.3) is 0 Å². The van der Waals surface area contributed by atoms with E-state index in [1.54, 1.807) is 20.8 Å². The summed E-state index contributed by atoms with van der Waals surface area (Å²) in [6, 6.07) is 0.749. The Labute approximate surface area is 116 Å². The van der Waals surface area contributed by atoms with E-state index in [2.05, 4.69) is 0 Å². The molecule has 1 aromatic carbocycles. The predicted molar refractivity (Wildman–Crippen MR) is 68.5 cm³/mol. The summed E-state index contributed by atoms with van der Waals surface area (Å²) in [5, 5.41) is -0.324. The van der Waals surface area contributed by atoms with Crippen LogP contribution in [0, 0.1) is 18.6 Å². The minimum Gasteiger partial charge on any atom is -0.456 e. The lowest BCUT2D eigenvalue weighted by molar-refractivity contribution is 0.00639. The van der Waals surface area contributed by atoms with Gasteiger partial charge in [-0.05, 0) is 33.8 Å². The van der Waals surface area contributed by atoms with Crippen LogP contribution in [0.15, 0.2) is 6.07 Å². The zero-order valence-electron chi connectivity index (χ0n) is 10.4. The third kappa shape index (κ3) is 3.82. The van der Waals surface area contributed by atoms with Crippen molar-refractivity contribution in [3.8, 4) is 0 Å². The Bertz CT molecular complexity index is 468. The van der Waals surface area contributed by atoms with Crippen molar-refractivity contribution < 1.29 is 18.3 Å². The monoisotopic (exact) mass is 298 g/mol. The molecule has 1 aromatic rings. The van der Waals surface area contributed by atoms with Crippen LogP contribution >= 0.6 is 24.0 Å². The lowest BCUT2D eigenvalue weighted by Crippen LogP contribution is -2.24. The third-order valence-electron chi connectivity index (χ3n) is 1.99. The van der Waals surface area contributed by atoms with Gasteiger partial charge >= 0.3 is 5.97 Å². The largest absolute Gasteiger partial charge is 0.456 e. The molecule has 0 amide bonds. The second kappa shape index (κ2) is 5.85. The maximum atomic E-state index is 13.7. The van der Waals surface area contributed by atoms with E-state index >= 15 is 0 Å². The zero-order chi connectivity index (χ0) is 13.4. The van der Waals surface area contributed by atoms with E-state index in [0.717, 1.165) is 6.07 Å². The normalized spacial score (nSPS) is 10.8. The summed E-state index contributed by atoms with van der Waals surface area (Å²) >= 11 is 5.53. The lowest BCUT2D eigenvalue weighted by Gasteiger charge is -2.20. The van der Waals surface area contributed by atoms with E-state index in [-0.39, 0.29) is 23.0 Å². The van der Waals surface area contributed by atoms with Crippen LogP contribution in [-0.4, -0.2) is 11.6 Å². The molecule has 0 unspecified atom stereocenters. The number of esters is 1. The Morgan fingerprint density at radius 2 is 1.83 bits per heavy atom. The number of carbonyl (C=O) groups is 1. The highest BCUT2D eigenvalue weighted by Crippen LogP contribution is 2.26. The highest BCUT2D eigenvalue weighted by molar-refractivity contribution is 6.31. The second-order valence-corrected chi connectivity index (χ2v) is 5.04. The van der Waals surface area contributed by atoms with E-state index in [9.17, 15) is 13.6 Å². The molecule has 102 valence electrons. The first-order valence-electron chi connectivity index (χ1n) is 5.01. The fourth-order valence-electron chi connectivity index (χ4n) is 1.21. The maximum Gasteiger partial charge on any atom is 0.341 e. The topological polar surface area (TPSA) is 26.3 Å². The van der Waals surface area contributed by atoms with Gasteiger partial charge in [0.05, 0.1) is 10.6 Å². The SMILES string of the molecule is Cc1c(F)c(C(=O)OC(C)(C)C)cc(F)c1Cl.Cl. The molecule has 0 radical (unpaired) electrons. The van der Waals surface area contributed by atoms with Gasteiger partial charge in [-0.1, -0.05) is 11.6 Å². The summed E-state index contributed by atoms with van der Waals surface area (Å²) in [6.45, 7) is 6.22. The van der Waals surface area contributed by atoms with Crippen LogP contribution in [-0.2, 0) is 4.74 Å². The van der Waals surface area contributed by atoms with Crippen LogP contribution in [0.5, 0.6) is 0 Å². The number of halogens is 4. The van der Waals surface area contributed by atoms with Crippen LogP contribution in [0.4, 0.5) is 8.78 Å². The molecule has 0 heterocycles. The van der Waals surface area contributed by atoms with Gasteiger partial charge < -0.3 is 4.74 Å². The average Bonchev–Trinajstić information content (AvgIpc) is 2.17. The molecule has 0 N–H and O–H groups in total. The van der Waals surface area contributed by atoms with Crippen molar-refractivity contribution in [2.75, 3.05) is 0 Å². The van der Waals surface area contributed by atoms with Gasteiger partial charge in [0.15, 0.2) is 0 Å². The van der Waals surface area contributed by atoms with Crippen molar-refractivity contribution in [3.63, 3.8) is 0 Å². The Balaban J connectivity index is 0.00000289. The first-order chi connectivity index (χ1) is 7.63. The Hall–Kier alpha value is -0.870. The van der Waals surface area contributed by atoms with Gasteiger partial charge in [-0.25, -0.2) is 13.6 Å². The smallest absolute Gasteiger partial charge is 0.341 e. The number of rotatable bonds is 1. The molecule has 0 fully saturated rings. The van der Waals surface area contributed by atoms with Crippen LogP contribution in [0.2, 0.25) is 5.02 Å². The number of carbonyl (C=O) groups excluding carboxylic acids is 1. The number of hydrogen-bond acceptors (Lipinski definition) is 2. The molecule has 0 bridgehead atoms.